The van der Waals surface area contributed by atoms with Gasteiger partial charge >= 0.3 is 26.2 Å². The van der Waals surface area contributed by atoms with Gasteiger partial charge in [0.2, 0.25) is 0 Å². The zero-order valence-corrected chi connectivity index (χ0v) is 18.1. The van der Waals surface area contributed by atoms with Crippen LogP contribution >= 0.6 is 0 Å². The number of allylic oxidation sites excluding steroid dienone is 4. The Morgan fingerprint density at radius 2 is 1.42 bits per heavy atom. The van der Waals surface area contributed by atoms with Gasteiger partial charge in [-0.05, 0) is 6.92 Å². The molecule has 0 bridgehead atoms. The molecule has 0 unspecified atom stereocenters. The van der Waals surface area contributed by atoms with Gasteiger partial charge in [0, 0.05) is 0 Å². The van der Waals surface area contributed by atoms with Gasteiger partial charge in [0.15, 0.2) is 0 Å². The van der Waals surface area contributed by atoms with E-state index in [4.69, 9.17) is 0 Å². The van der Waals surface area contributed by atoms with Gasteiger partial charge in [-0.15, -0.1) is 35.4 Å². The van der Waals surface area contributed by atoms with Crippen molar-refractivity contribution in [3.63, 3.8) is 0 Å². The van der Waals surface area contributed by atoms with Crippen LogP contribution in [0.1, 0.15) is 45.7 Å². The molecular weight excluding hydrogens is 381 g/mol. The van der Waals surface area contributed by atoms with E-state index >= 15 is 0 Å². The molecular formula is C21H26F2Zr. The normalized spacial score (nSPS) is 14.7. The summed E-state index contributed by atoms with van der Waals surface area (Å²) in [5.74, 6) is 0. The van der Waals surface area contributed by atoms with E-state index in [9.17, 15) is 0 Å². The van der Waals surface area contributed by atoms with Gasteiger partial charge in [0.05, 0.1) is 0 Å². The molecule has 0 aromatic heterocycles. The molecule has 2 aromatic carbocycles. The van der Waals surface area contributed by atoms with E-state index in [0.717, 1.165) is 0 Å². The first-order valence-electron chi connectivity index (χ1n) is 7.65. The average molecular weight is 408 g/mol. The van der Waals surface area contributed by atoms with Crippen molar-refractivity contribution in [3.8, 4) is 0 Å². The van der Waals surface area contributed by atoms with Crippen molar-refractivity contribution in [1.29, 1.82) is 0 Å². The molecule has 2 aromatic rings. The van der Waals surface area contributed by atoms with Gasteiger partial charge in [-0.25, -0.2) is 5.57 Å². The summed E-state index contributed by atoms with van der Waals surface area (Å²) in [6, 6.07) is 10.8. The summed E-state index contributed by atoms with van der Waals surface area (Å²) in [7, 11) is 0. The molecule has 1 aliphatic carbocycles. The number of halogens is 2. The predicted molar refractivity (Wildman–Crippen MR) is 93.6 cm³/mol. The number of benzene rings is 1. The SMILES string of the molecule is CC1=[C-]C(C)(C)C(C)=C1C.Cc1ccc(C)c2[cH-]ccc12.[F-].[F-].[Zr+4]. The first kappa shape index (κ1) is 25.3. The second-order valence-electron chi connectivity index (χ2n) is 6.68. The minimum absolute atomic E-state index is 0. The maximum atomic E-state index is 3.44. The maximum Gasteiger partial charge on any atom is 4.00 e. The van der Waals surface area contributed by atoms with Gasteiger partial charge in [-0.2, -0.15) is 23.3 Å². The number of fused-ring (bicyclic) bond motifs is 1. The van der Waals surface area contributed by atoms with Crippen LogP contribution in [0.3, 0.4) is 0 Å². The minimum Gasteiger partial charge on any atom is -1.00 e. The van der Waals surface area contributed by atoms with E-state index in [1.807, 2.05) is 0 Å². The van der Waals surface area contributed by atoms with Crippen molar-refractivity contribution in [2.75, 3.05) is 0 Å². The summed E-state index contributed by atoms with van der Waals surface area (Å²) < 4.78 is 0. The van der Waals surface area contributed by atoms with Crippen LogP contribution in [0.5, 0.6) is 0 Å². The van der Waals surface area contributed by atoms with Crippen LogP contribution in [0.25, 0.3) is 10.8 Å². The van der Waals surface area contributed by atoms with Gasteiger partial charge in [0.1, 0.15) is 0 Å². The van der Waals surface area contributed by atoms with E-state index in [2.05, 4.69) is 84.9 Å². The number of hydrogen-bond donors (Lipinski definition) is 0. The molecule has 0 spiro atoms. The molecule has 3 rings (SSSR count). The summed E-state index contributed by atoms with van der Waals surface area (Å²) in [6.07, 6.45) is 3.44. The zero-order valence-electron chi connectivity index (χ0n) is 15.6. The van der Waals surface area contributed by atoms with Crippen molar-refractivity contribution in [1.82, 2.24) is 0 Å². The Hall–Kier alpha value is -0.947. The number of rotatable bonds is 0. The second-order valence-corrected chi connectivity index (χ2v) is 6.68. The van der Waals surface area contributed by atoms with Crippen LogP contribution < -0.4 is 9.41 Å². The third-order valence-electron chi connectivity index (χ3n) is 4.81. The fraction of sp³-hybridized carbons (Fsp3) is 0.381. The molecule has 0 radical (unpaired) electrons. The standard InChI is InChI=1S/C11H11.C10H15.2FH.Zr/c1-8-6-7-9(2)11-5-3-4-10(8)11;1-7-6-10(4,5)9(3)8(7)2;;;/h3-7H,1-2H3;1-5H3;2*1H;/q2*-1;;;+4/p-2. The molecule has 0 N–H and O–H groups in total. The topological polar surface area (TPSA) is 0 Å². The first-order chi connectivity index (χ1) is 9.74. The van der Waals surface area contributed by atoms with Crippen molar-refractivity contribution < 1.29 is 35.6 Å². The third kappa shape index (κ3) is 5.02. The maximum absolute atomic E-state index is 3.44. The fourth-order valence-corrected chi connectivity index (χ4v) is 2.94. The molecule has 0 heterocycles. The Morgan fingerprint density at radius 1 is 0.875 bits per heavy atom. The van der Waals surface area contributed by atoms with Crippen molar-refractivity contribution in [2.45, 2.75) is 48.5 Å². The van der Waals surface area contributed by atoms with Crippen LogP contribution in [0.4, 0.5) is 0 Å². The molecule has 0 amide bonds. The van der Waals surface area contributed by atoms with Crippen LogP contribution in [0.2, 0.25) is 0 Å². The molecule has 1 aliphatic rings. The summed E-state index contributed by atoms with van der Waals surface area (Å²) >= 11 is 0. The van der Waals surface area contributed by atoms with Crippen LogP contribution in [0, 0.1) is 25.3 Å². The third-order valence-corrected chi connectivity index (χ3v) is 4.81. The molecule has 0 atom stereocenters. The minimum atomic E-state index is 0. The van der Waals surface area contributed by atoms with Gasteiger partial charge < -0.3 is 9.41 Å². The molecule has 3 heteroatoms. The summed E-state index contributed by atoms with van der Waals surface area (Å²) in [5, 5.41) is 2.79. The Balaban J connectivity index is 0. The smallest absolute Gasteiger partial charge is 1.00 e. The monoisotopic (exact) mass is 406 g/mol. The van der Waals surface area contributed by atoms with E-state index in [0.29, 0.717) is 0 Å². The molecule has 24 heavy (non-hydrogen) atoms. The molecule has 128 valence electrons. The Morgan fingerprint density at radius 3 is 1.79 bits per heavy atom. The molecule has 0 nitrogen and oxygen atoms in total. The van der Waals surface area contributed by atoms with E-state index in [1.54, 1.807) is 0 Å². The zero-order chi connectivity index (χ0) is 15.8. The number of hydrogen-bond acceptors (Lipinski definition) is 0. The van der Waals surface area contributed by atoms with E-state index in [-0.39, 0.29) is 41.0 Å². The molecule has 0 aliphatic heterocycles. The predicted octanol–water partition coefficient (Wildman–Crippen LogP) is 0.293. The second kappa shape index (κ2) is 9.51. The van der Waals surface area contributed by atoms with E-state index < -0.39 is 0 Å². The van der Waals surface area contributed by atoms with Crippen LogP contribution in [-0.4, -0.2) is 0 Å². The largest absolute Gasteiger partial charge is 4.00 e. The Labute approximate surface area is 164 Å². The average Bonchev–Trinajstić information content (AvgIpc) is 2.97. The Kier molecular flexibility index (Phi) is 10.0. The Bertz CT molecular complexity index is 697. The molecule has 0 saturated carbocycles. The molecule has 0 fully saturated rings. The summed E-state index contributed by atoms with van der Waals surface area (Å²) in [6.45, 7) is 15.2. The van der Waals surface area contributed by atoms with Gasteiger partial charge in [0.25, 0.3) is 0 Å². The summed E-state index contributed by atoms with van der Waals surface area (Å²) in [5.41, 5.74) is 7.14. The van der Waals surface area contributed by atoms with Crippen LogP contribution in [0.15, 0.2) is 47.1 Å². The van der Waals surface area contributed by atoms with Gasteiger partial charge in [-0.3, -0.25) is 6.08 Å². The molecule has 0 saturated heterocycles. The van der Waals surface area contributed by atoms with Crippen LogP contribution in [-0.2, 0) is 26.2 Å². The first-order valence-corrected chi connectivity index (χ1v) is 7.65. The quantitative estimate of drug-likeness (QED) is 0.551. The summed E-state index contributed by atoms with van der Waals surface area (Å²) in [4.78, 5) is 0. The fourth-order valence-electron chi connectivity index (χ4n) is 2.94. The van der Waals surface area contributed by atoms with Crippen molar-refractivity contribution in [3.05, 3.63) is 64.3 Å². The van der Waals surface area contributed by atoms with Gasteiger partial charge in [-0.1, -0.05) is 51.7 Å². The van der Waals surface area contributed by atoms with Crippen molar-refractivity contribution >= 4 is 10.8 Å². The van der Waals surface area contributed by atoms with E-state index in [1.165, 1.54) is 38.6 Å². The number of aryl methyl sites for hydroxylation is 2. The van der Waals surface area contributed by atoms with Crippen molar-refractivity contribution in [2.24, 2.45) is 5.41 Å².